The Morgan fingerprint density at radius 2 is 1.52 bits per heavy atom. The summed E-state index contributed by atoms with van der Waals surface area (Å²) >= 11 is 4.06. The molecule has 4 aromatic carbocycles. The van der Waals surface area contributed by atoms with Crippen molar-refractivity contribution in [3.63, 3.8) is 0 Å². The lowest BCUT2D eigenvalue weighted by atomic mass is 9.92. The van der Waals surface area contributed by atoms with Crippen LogP contribution in [-0.2, 0) is 16.1 Å². The third-order valence-electron chi connectivity index (χ3n) is 4.32. The van der Waals surface area contributed by atoms with E-state index in [-0.39, 0.29) is 5.97 Å². The van der Waals surface area contributed by atoms with Gasteiger partial charge in [-0.25, -0.2) is 0 Å². The molecule has 0 saturated heterocycles. The highest BCUT2D eigenvalue weighted by Crippen LogP contribution is 2.36. The van der Waals surface area contributed by atoms with Crippen molar-refractivity contribution >= 4 is 50.9 Å². The fourth-order valence-corrected chi connectivity index (χ4v) is 3.43. The SMILES string of the molecule is O=C(CCS)OCc1ccc2ccc3cccc4ccc1c2c34. The van der Waals surface area contributed by atoms with Gasteiger partial charge in [0.15, 0.2) is 0 Å². The Morgan fingerprint density at radius 1 is 0.870 bits per heavy atom. The van der Waals surface area contributed by atoms with Crippen LogP contribution in [0.5, 0.6) is 0 Å². The molecule has 0 bridgehead atoms. The van der Waals surface area contributed by atoms with Crippen LogP contribution in [0.15, 0.2) is 54.6 Å². The topological polar surface area (TPSA) is 26.3 Å². The zero-order valence-corrected chi connectivity index (χ0v) is 13.5. The van der Waals surface area contributed by atoms with Crippen LogP contribution in [0.25, 0.3) is 32.3 Å². The molecule has 0 spiro atoms. The first-order valence-corrected chi connectivity index (χ1v) is 8.33. The Kier molecular flexibility index (Phi) is 3.58. The number of hydrogen-bond acceptors (Lipinski definition) is 3. The van der Waals surface area contributed by atoms with Gasteiger partial charge in [0.25, 0.3) is 0 Å². The Hall–Kier alpha value is -2.26. The summed E-state index contributed by atoms with van der Waals surface area (Å²) < 4.78 is 5.37. The van der Waals surface area contributed by atoms with Crippen LogP contribution in [0.4, 0.5) is 0 Å². The third kappa shape index (κ3) is 2.41. The first-order valence-electron chi connectivity index (χ1n) is 7.70. The highest BCUT2D eigenvalue weighted by atomic mass is 32.1. The molecule has 4 rings (SSSR count). The second-order valence-electron chi connectivity index (χ2n) is 5.72. The second kappa shape index (κ2) is 5.74. The summed E-state index contributed by atoms with van der Waals surface area (Å²) in [5.41, 5.74) is 1.04. The van der Waals surface area contributed by atoms with Crippen LogP contribution in [0, 0.1) is 0 Å². The summed E-state index contributed by atoms with van der Waals surface area (Å²) in [6.07, 6.45) is 0.342. The lowest BCUT2D eigenvalue weighted by Crippen LogP contribution is -2.05. The van der Waals surface area contributed by atoms with Crippen molar-refractivity contribution in [1.29, 1.82) is 0 Å². The molecule has 3 heteroatoms. The third-order valence-corrected chi connectivity index (χ3v) is 4.55. The normalized spacial score (nSPS) is 11.5. The van der Waals surface area contributed by atoms with E-state index in [2.05, 4.69) is 67.2 Å². The lowest BCUT2D eigenvalue weighted by molar-refractivity contribution is -0.144. The number of hydrogen-bond donors (Lipinski definition) is 1. The van der Waals surface area contributed by atoms with Crippen LogP contribution in [0.1, 0.15) is 12.0 Å². The first kappa shape index (κ1) is 14.3. The molecular formula is C20H16O2S. The smallest absolute Gasteiger partial charge is 0.306 e. The maximum atomic E-state index is 11.6. The summed E-state index contributed by atoms with van der Waals surface area (Å²) in [6.45, 7) is 0.306. The Balaban J connectivity index is 1.88. The van der Waals surface area contributed by atoms with Crippen molar-refractivity contribution in [1.82, 2.24) is 0 Å². The van der Waals surface area contributed by atoms with E-state index in [0.29, 0.717) is 18.8 Å². The molecule has 0 fully saturated rings. The molecule has 0 saturated carbocycles. The van der Waals surface area contributed by atoms with Gasteiger partial charge in [0.1, 0.15) is 6.61 Å². The molecule has 0 unspecified atom stereocenters. The summed E-state index contributed by atoms with van der Waals surface area (Å²) in [4.78, 5) is 11.6. The molecule has 0 aliphatic rings. The van der Waals surface area contributed by atoms with Crippen molar-refractivity contribution < 1.29 is 9.53 Å². The number of carbonyl (C=O) groups excluding carboxylic acids is 1. The number of carbonyl (C=O) groups is 1. The fraction of sp³-hybridized carbons (Fsp3) is 0.150. The van der Waals surface area contributed by atoms with Gasteiger partial charge in [0, 0.05) is 5.75 Å². The Bertz CT molecular complexity index is 991. The van der Waals surface area contributed by atoms with Crippen molar-refractivity contribution in [3.8, 4) is 0 Å². The van der Waals surface area contributed by atoms with E-state index in [9.17, 15) is 4.79 Å². The van der Waals surface area contributed by atoms with Crippen LogP contribution in [0.3, 0.4) is 0 Å². The highest BCUT2D eigenvalue weighted by molar-refractivity contribution is 7.80. The van der Waals surface area contributed by atoms with Gasteiger partial charge in [-0.15, -0.1) is 0 Å². The van der Waals surface area contributed by atoms with Gasteiger partial charge < -0.3 is 4.74 Å². The van der Waals surface area contributed by atoms with Crippen LogP contribution >= 0.6 is 12.6 Å². The summed E-state index contributed by atoms with van der Waals surface area (Å²) in [7, 11) is 0. The second-order valence-corrected chi connectivity index (χ2v) is 6.16. The van der Waals surface area contributed by atoms with E-state index < -0.39 is 0 Å². The molecule has 0 amide bonds. The predicted octanol–water partition coefficient (Wildman–Crippen LogP) is 4.95. The van der Waals surface area contributed by atoms with E-state index in [1.165, 1.54) is 26.9 Å². The summed E-state index contributed by atoms with van der Waals surface area (Å²) in [5, 5.41) is 7.39. The van der Waals surface area contributed by atoms with Crippen LogP contribution < -0.4 is 0 Å². The summed E-state index contributed by atoms with van der Waals surface area (Å²) in [6, 6.07) is 19.1. The van der Waals surface area contributed by atoms with Gasteiger partial charge in [-0.1, -0.05) is 54.6 Å². The molecule has 0 aromatic heterocycles. The quantitative estimate of drug-likeness (QED) is 0.327. The molecular weight excluding hydrogens is 304 g/mol. The average molecular weight is 320 g/mol. The molecule has 114 valence electrons. The number of rotatable bonds is 4. The molecule has 23 heavy (non-hydrogen) atoms. The standard InChI is InChI=1S/C20H16O2S/c21-18(10-11-23)22-12-16-7-6-15-5-4-13-2-1-3-14-8-9-17(16)20(15)19(13)14/h1-9,23H,10-12H2. The zero-order chi connectivity index (χ0) is 15.8. The van der Waals surface area contributed by atoms with Gasteiger partial charge >= 0.3 is 5.97 Å². The number of ether oxygens (including phenoxy) is 1. The number of esters is 1. The molecule has 0 radical (unpaired) electrons. The number of benzene rings is 4. The van der Waals surface area contributed by atoms with E-state index >= 15 is 0 Å². The van der Waals surface area contributed by atoms with E-state index in [1.54, 1.807) is 0 Å². The summed E-state index contributed by atoms with van der Waals surface area (Å²) in [5.74, 6) is 0.308. The predicted molar refractivity (Wildman–Crippen MR) is 98.4 cm³/mol. The minimum Gasteiger partial charge on any atom is -0.461 e. The number of thiol groups is 1. The average Bonchev–Trinajstić information content (AvgIpc) is 2.58. The highest BCUT2D eigenvalue weighted by Gasteiger charge is 2.11. The van der Waals surface area contributed by atoms with Crippen LogP contribution in [-0.4, -0.2) is 11.7 Å². The van der Waals surface area contributed by atoms with Gasteiger partial charge in [0.05, 0.1) is 6.42 Å². The van der Waals surface area contributed by atoms with Gasteiger partial charge in [0.2, 0.25) is 0 Å². The molecule has 0 atom stereocenters. The Labute approximate surface area is 139 Å². The lowest BCUT2D eigenvalue weighted by Gasteiger charge is -2.14. The fourth-order valence-electron chi connectivity index (χ4n) is 3.24. The zero-order valence-electron chi connectivity index (χ0n) is 12.6. The maximum Gasteiger partial charge on any atom is 0.306 e. The van der Waals surface area contributed by atoms with E-state index in [0.717, 1.165) is 10.9 Å². The maximum absolute atomic E-state index is 11.6. The van der Waals surface area contributed by atoms with E-state index in [4.69, 9.17) is 4.74 Å². The van der Waals surface area contributed by atoms with Gasteiger partial charge in [-0.3, -0.25) is 4.79 Å². The Morgan fingerprint density at radius 3 is 2.26 bits per heavy atom. The molecule has 0 N–H and O–H groups in total. The molecule has 4 aromatic rings. The van der Waals surface area contributed by atoms with Crippen LogP contribution in [0.2, 0.25) is 0 Å². The van der Waals surface area contributed by atoms with Crippen molar-refractivity contribution in [2.24, 2.45) is 0 Å². The van der Waals surface area contributed by atoms with E-state index in [1.807, 2.05) is 0 Å². The molecule has 2 nitrogen and oxygen atoms in total. The minimum absolute atomic E-state index is 0.203. The van der Waals surface area contributed by atoms with Crippen molar-refractivity contribution in [3.05, 3.63) is 60.2 Å². The largest absolute Gasteiger partial charge is 0.461 e. The van der Waals surface area contributed by atoms with Gasteiger partial charge in [-0.2, -0.15) is 12.6 Å². The molecule has 0 heterocycles. The van der Waals surface area contributed by atoms with Crippen molar-refractivity contribution in [2.45, 2.75) is 13.0 Å². The minimum atomic E-state index is -0.203. The monoisotopic (exact) mass is 320 g/mol. The van der Waals surface area contributed by atoms with Gasteiger partial charge in [-0.05, 0) is 37.9 Å². The van der Waals surface area contributed by atoms with Crippen molar-refractivity contribution in [2.75, 3.05) is 5.75 Å². The molecule has 0 aliphatic carbocycles. The first-order chi connectivity index (χ1) is 11.3. The molecule has 0 aliphatic heterocycles.